The van der Waals surface area contributed by atoms with Crippen LogP contribution in [0.15, 0.2) is 29.1 Å². The molecule has 0 fully saturated rings. The molecule has 2 rings (SSSR count). The largest absolute Gasteiger partial charge is 0.388 e. The molecule has 0 aliphatic rings. The van der Waals surface area contributed by atoms with Gasteiger partial charge in [0.25, 0.3) is 0 Å². The number of thiocarbonyl (C=S) groups is 1. The molecule has 76 valence electrons. The first-order valence-corrected chi connectivity index (χ1v) is 5.53. The van der Waals surface area contributed by atoms with E-state index in [-0.39, 0.29) is 4.99 Å². The summed E-state index contributed by atoms with van der Waals surface area (Å²) < 4.78 is 0. The molecule has 0 amide bonds. The minimum atomic E-state index is 0.269. The normalized spacial score (nSPS) is 9.87. The van der Waals surface area contributed by atoms with Crippen molar-refractivity contribution < 1.29 is 0 Å². The van der Waals surface area contributed by atoms with Gasteiger partial charge in [-0.2, -0.15) is 11.3 Å². The molecule has 4 nitrogen and oxygen atoms in total. The highest BCUT2D eigenvalue weighted by molar-refractivity contribution is 7.80. The van der Waals surface area contributed by atoms with E-state index < -0.39 is 0 Å². The van der Waals surface area contributed by atoms with E-state index in [0.29, 0.717) is 11.6 Å². The Morgan fingerprint density at radius 3 is 3.00 bits per heavy atom. The molecule has 0 aliphatic heterocycles. The van der Waals surface area contributed by atoms with Gasteiger partial charge in [0, 0.05) is 11.6 Å². The fourth-order valence-corrected chi connectivity index (χ4v) is 1.72. The van der Waals surface area contributed by atoms with E-state index in [0.717, 1.165) is 5.69 Å². The topological polar surface area (TPSA) is 63.8 Å². The highest BCUT2D eigenvalue weighted by atomic mass is 32.1. The highest BCUT2D eigenvalue weighted by Crippen LogP contribution is 2.15. The summed E-state index contributed by atoms with van der Waals surface area (Å²) >= 11 is 6.43. The van der Waals surface area contributed by atoms with Crippen molar-refractivity contribution in [2.24, 2.45) is 5.73 Å². The number of aromatic nitrogens is 2. The molecule has 0 aromatic carbocycles. The lowest BCUT2D eigenvalue weighted by Crippen LogP contribution is -2.12. The zero-order valence-electron chi connectivity index (χ0n) is 7.68. The van der Waals surface area contributed by atoms with E-state index in [1.807, 2.05) is 16.8 Å². The molecule has 15 heavy (non-hydrogen) atoms. The molecule has 0 spiro atoms. The van der Waals surface area contributed by atoms with Gasteiger partial charge in [-0.3, -0.25) is 0 Å². The molecule has 2 aromatic rings. The van der Waals surface area contributed by atoms with Gasteiger partial charge < -0.3 is 11.1 Å². The van der Waals surface area contributed by atoms with Crippen molar-refractivity contribution in [3.05, 3.63) is 34.8 Å². The summed E-state index contributed by atoms with van der Waals surface area (Å²) in [6.07, 6.45) is 1.62. The van der Waals surface area contributed by atoms with Crippen LogP contribution in [0.5, 0.6) is 0 Å². The van der Waals surface area contributed by atoms with Crippen LogP contribution < -0.4 is 11.1 Å². The Morgan fingerprint density at radius 2 is 2.33 bits per heavy atom. The monoisotopic (exact) mass is 236 g/mol. The molecule has 2 heterocycles. The first-order valence-electron chi connectivity index (χ1n) is 4.18. The Labute approximate surface area is 96.2 Å². The average molecular weight is 236 g/mol. The molecule has 2 aromatic heterocycles. The van der Waals surface area contributed by atoms with Gasteiger partial charge in [0.1, 0.15) is 10.7 Å². The zero-order chi connectivity index (χ0) is 10.7. The van der Waals surface area contributed by atoms with Crippen LogP contribution >= 0.6 is 23.6 Å². The molecule has 0 aliphatic carbocycles. The number of thiophene rings is 1. The number of anilines is 2. The van der Waals surface area contributed by atoms with Gasteiger partial charge in [0.05, 0.1) is 5.69 Å². The van der Waals surface area contributed by atoms with Gasteiger partial charge in [-0.15, -0.1) is 0 Å². The molecule has 0 unspecified atom stereocenters. The maximum absolute atomic E-state index is 5.47. The summed E-state index contributed by atoms with van der Waals surface area (Å²) in [7, 11) is 0. The van der Waals surface area contributed by atoms with Crippen LogP contribution in [0.3, 0.4) is 0 Å². The van der Waals surface area contributed by atoms with Crippen molar-refractivity contribution in [2.45, 2.75) is 0 Å². The Morgan fingerprint density at radius 1 is 1.47 bits per heavy atom. The van der Waals surface area contributed by atoms with Crippen LogP contribution in [-0.2, 0) is 0 Å². The summed E-state index contributed by atoms with van der Waals surface area (Å²) in [4.78, 5) is 8.50. The summed E-state index contributed by atoms with van der Waals surface area (Å²) in [5.41, 5.74) is 7.00. The summed E-state index contributed by atoms with van der Waals surface area (Å²) in [6.45, 7) is 0. The second-order valence-electron chi connectivity index (χ2n) is 2.77. The summed E-state index contributed by atoms with van der Waals surface area (Å²) in [5, 5.41) is 6.99. The Kier molecular flexibility index (Phi) is 2.89. The molecule has 0 saturated carbocycles. The zero-order valence-corrected chi connectivity index (χ0v) is 9.31. The maximum atomic E-state index is 5.47. The van der Waals surface area contributed by atoms with Gasteiger partial charge in [-0.25, -0.2) is 9.97 Å². The molecule has 0 saturated heterocycles. The van der Waals surface area contributed by atoms with Gasteiger partial charge >= 0.3 is 0 Å². The predicted octanol–water partition coefficient (Wildman–Crippen LogP) is 1.92. The Bertz CT molecular complexity index is 467. The highest BCUT2D eigenvalue weighted by Gasteiger charge is 2.01. The van der Waals surface area contributed by atoms with E-state index in [1.54, 1.807) is 23.6 Å². The third-order valence-corrected chi connectivity index (χ3v) is 2.58. The fourth-order valence-electron chi connectivity index (χ4n) is 1.02. The van der Waals surface area contributed by atoms with Crippen molar-refractivity contribution in [2.75, 3.05) is 5.32 Å². The number of nitrogens with two attached hydrogens (primary N) is 1. The second kappa shape index (κ2) is 4.33. The van der Waals surface area contributed by atoms with Crippen molar-refractivity contribution in [1.82, 2.24) is 9.97 Å². The first-order chi connectivity index (χ1) is 7.25. The summed E-state index contributed by atoms with van der Waals surface area (Å²) in [6, 6.07) is 3.63. The Hall–Kier alpha value is -1.53. The lowest BCUT2D eigenvalue weighted by Gasteiger charge is -2.03. The van der Waals surface area contributed by atoms with E-state index in [9.17, 15) is 0 Å². The van der Waals surface area contributed by atoms with E-state index in [1.165, 1.54) is 0 Å². The third kappa shape index (κ3) is 2.48. The standard InChI is InChI=1S/C9H8N4S2/c10-8(14)7-1-3-11-9(13-7)12-6-2-4-15-5-6/h1-5H,(H2,10,14)(H,11,12,13). The number of rotatable bonds is 3. The summed E-state index contributed by atoms with van der Waals surface area (Å²) in [5.74, 6) is 0.499. The van der Waals surface area contributed by atoms with Gasteiger partial charge in [-0.05, 0) is 17.5 Å². The lowest BCUT2D eigenvalue weighted by atomic mass is 10.4. The lowest BCUT2D eigenvalue weighted by molar-refractivity contribution is 1.15. The quantitative estimate of drug-likeness (QED) is 0.797. The fraction of sp³-hybridized carbons (Fsp3) is 0. The Balaban J connectivity index is 2.22. The van der Waals surface area contributed by atoms with E-state index in [4.69, 9.17) is 18.0 Å². The third-order valence-electron chi connectivity index (χ3n) is 1.69. The van der Waals surface area contributed by atoms with Crippen molar-refractivity contribution in [1.29, 1.82) is 0 Å². The van der Waals surface area contributed by atoms with Crippen molar-refractivity contribution >= 4 is 40.2 Å². The number of nitrogens with one attached hydrogen (secondary N) is 1. The molecule has 3 N–H and O–H groups in total. The number of hydrogen-bond acceptors (Lipinski definition) is 5. The van der Waals surface area contributed by atoms with E-state index in [2.05, 4.69) is 15.3 Å². The van der Waals surface area contributed by atoms with Gasteiger partial charge in [-0.1, -0.05) is 12.2 Å². The molecule has 0 radical (unpaired) electrons. The van der Waals surface area contributed by atoms with Crippen LogP contribution in [-0.4, -0.2) is 15.0 Å². The van der Waals surface area contributed by atoms with Crippen LogP contribution in [0.25, 0.3) is 0 Å². The minimum absolute atomic E-state index is 0.269. The van der Waals surface area contributed by atoms with Crippen LogP contribution in [0.2, 0.25) is 0 Å². The van der Waals surface area contributed by atoms with Crippen LogP contribution in [0.1, 0.15) is 5.69 Å². The predicted molar refractivity (Wildman–Crippen MR) is 65.5 cm³/mol. The minimum Gasteiger partial charge on any atom is -0.388 e. The maximum Gasteiger partial charge on any atom is 0.227 e. The van der Waals surface area contributed by atoms with Crippen LogP contribution in [0, 0.1) is 0 Å². The van der Waals surface area contributed by atoms with Crippen molar-refractivity contribution in [3.63, 3.8) is 0 Å². The van der Waals surface area contributed by atoms with Crippen LogP contribution in [0.4, 0.5) is 11.6 Å². The van der Waals surface area contributed by atoms with Gasteiger partial charge in [0.15, 0.2) is 0 Å². The molecule has 0 atom stereocenters. The van der Waals surface area contributed by atoms with Crippen molar-refractivity contribution in [3.8, 4) is 0 Å². The molecular weight excluding hydrogens is 228 g/mol. The van der Waals surface area contributed by atoms with E-state index >= 15 is 0 Å². The number of nitrogens with zero attached hydrogens (tertiary/aromatic N) is 2. The first kappa shape index (κ1) is 10.0. The SMILES string of the molecule is NC(=S)c1ccnc(Nc2ccsc2)n1. The smallest absolute Gasteiger partial charge is 0.227 e. The van der Waals surface area contributed by atoms with Gasteiger partial charge in [0.2, 0.25) is 5.95 Å². The molecular formula is C9H8N4S2. The number of hydrogen-bond donors (Lipinski definition) is 2. The molecule has 6 heteroatoms. The second-order valence-corrected chi connectivity index (χ2v) is 3.99. The average Bonchev–Trinajstić information content (AvgIpc) is 2.71. The molecule has 0 bridgehead atoms.